The topological polar surface area (TPSA) is 79.5 Å². The summed E-state index contributed by atoms with van der Waals surface area (Å²) in [5.41, 5.74) is 0.898. The van der Waals surface area contributed by atoms with Crippen LogP contribution in [0.5, 0.6) is 0 Å². The van der Waals surface area contributed by atoms with Crippen molar-refractivity contribution in [2.75, 3.05) is 5.32 Å². The SMILES string of the molecule is O=C(O)c1ccc(NC=CC(=O)c2ccco2)cc1. The van der Waals surface area contributed by atoms with Crippen LogP contribution in [-0.4, -0.2) is 16.9 Å². The van der Waals surface area contributed by atoms with Crippen molar-refractivity contribution in [2.24, 2.45) is 0 Å². The van der Waals surface area contributed by atoms with Crippen molar-refractivity contribution in [1.82, 2.24) is 0 Å². The van der Waals surface area contributed by atoms with Crippen LogP contribution in [0.1, 0.15) is 20.9 Å². The minimum Gasteiger partial charge on any atom is -0.478 e. The summed E-state index contributed by atoms with van der Waals surface area (Å²) in [7, 11) is 0. The van der Waals surface area contributed by atoms with E-state index in [-0.39, 0.29) is 17.1 Å². The molecule has 2 rings (SSSR count). The van der Waals surface area contributed by atoms with Gasteiger partial charge >= 0.3 is 5.97 Å². The summed E-state index contributed by atoms with van der Waals surface area (Å²) in [6, 6.07) is 9.41. The summed E-state index contributed by atoms with van der Waals surface area (Å²) in [6.07, 6.45) is 4.24. The van der Waals surface area contributed by atoms with Gasteiger partial charge in [-0.3, -0.25) is 4.79 Å². The molecular formula is C14H11NO4. The smallest absolute Gasteiger partial charge is 0.335 e. The number of hydrogen-bond donors (Lipinski definition) is 2. The maximum Gasteiger partial charge on any atom is 0.335 e. The van der Waals surface area contributed by atoms with E-state index in [1.165, 1.54) is 30.7 Å². The number of carbonyl (C=O) groups excluding carboxylic acids is 1. The van der Waals surface area contributed by atoms with Crippen molar-refractivity contribution >= 4 is 17.4 Å². The molecule has 0 unspecified atom stereocenters. The molecule has 2 aromatic rings. The third-order valence-electron chi connectivity index (χ3n) is 2.38. The van der Waals surface area contributed by atoms with Crippen LogP contribution in [0.4, 0.5) is 5.69 Å². The molecule has 0 bridgehead atoms. The minimum absolute atomic E-state index is 0.209. The monoisotopic (exact) mass is 257 g/mol. The van der Waals surface area contributed by atoms with Crippen molar-refractivity contribution in [3.05, 3.63) is 66.3 Å². The lowest BCUT2D eigenvalue weighted by Gasteiger charge is -2.00. The Morgan fingerprint density at radius 1 is 1.16 bits per heavy atom. The molecule has 0 fully saturated rings. The zero-order valence-electron chi connectivity index (χ0n) is 9.87. The average Bonchev–Trinajstić information content (AvgIpc) is 2.93. The van der Waals surface area contributed by atoms with E-state index in [1.807, 2.05) is 0 Å². The molecule has 19 heavy (non-hydrogen) atoms. The highest BCUT2D eigenvalue weighted by Crippen LogP contribution is 2.09. The Hall–Kier alpha value is -2.82. The first-order chi connectivity index (χ1) is 9.16. The van der Waals surface area contributed by atoms with Crippen molar-refractivity contribution in [2.45, 2.75) is 0 Å². The molecule has 0 saturated carbocycles. The van der Waals surface area contributed by atoms with Crippen LogP contribution in [0, 0.1) is 0 Å². The number of carboxylic acids is 1. The normalized spacial score (nSPS) is 10.5. The fourth-order valence-corrected chi connectivity index (χ4v) is 1.42. The molecule has 1 heterocycles. The van der Waals surface area contributed by atoms with E-state index in [9.17, 15) is 9.59 Å². The predicted octanol–water partition coefficient (Wildman–Crippen LogP) is 2.79. The van der Waals surface area contributed by atoms with Gasteiger partial charge in [0, 0.05) is 18.0 Å². The Morgan fingerprint density at radius 2 is 1.89 bits per heavy atom. The molecule has 96 valence electrons. The highest BCUT2D eigenvalue weighted by atomic mass is 16.4. The number of furan rings is 1. The largest absolute Gasteiger partial charge is 0.478 e. The van der Waals surface area contributed by atoms with Gasteiger partial charge in [-0.15, -0.1) is 0 Å². The number of aromatic carboxylic acids is 1. The van der Waals surface area contributed by atoms with E-state index in [0.29, 0.717) is 5.69 Å². The number of anilines is 1. The van der Waals surface area contributed by atoms with Crippen LogP contribution in [0.2, 0.25) is 0 Å². The van der Waals surface area contributed by atoms with Crippen molar-refractivity contribution < 1.29 is 19.1 Å². The third-order valence-corrected chi connectivity index (χ3v) is 2.38. The number of carboxylic acid groups (broad SMARTS) is 1. The third kappa shape index (κ3) is 3.32. The average molecular weight is 257 g/mol. The Balaban J connectivity index is 1.95. The maximum absolute atomic E-state index is 11.5. The highest BCUT2D eigenvalue weighted by molar-refractivity contribution is 6.02. The second-order valence-corrected chi connectivity index (χ2v) is 3.70. The Labute approximate surface area is 109 Å². The molecule has 0 amide bonds. The number of rotatable bonds is 5. The summed E-state index contributed by atoms with van der Waals surface area (Å²) in [5.74, 6) is -0.964. The van der Waals surface area contributed by atoms with Gasteiger partial charge in [-0.2, -0.15) is 0 Å². The lowest BCUT2D eigenvalue weighted by Crippen LogP contribution is -1.97. The summed E-state index contributed by atoms with van der Waals surface area (Å²) in [4.78, 5) is 22.2. The fraction of sp³-hybridized carbons (Fsp3) is 0. The van der Waals surface area contributed by atoms with Gasteiger partial charge < -0.3 is 14.8 Å². The Bertz CT molecular complexity index is 597. The van der Waals surface area contributed by atoms with Crippen molar-refractivity contribution in [3.8, 4) is 0 Å². The first-order valence-corrected chi connectivity index (χ1v) is 5.51. The van der Waals surface area contributed by atoms with E-state index < -0.39 is 5.97 Å². The van der Waals surface area contributed by atoms with E-state index in [4.69, 9.17) is 9.52 Å². The Morgan fingerprint density at radius 3 is 2.47 bits per heavy atom. The summed E-state index contributed by atoms with van der Waals surface area (Å²) in [6.45, 7) is 0. The number of ketones is 1. The number of benzene rings is 1. The lowest BCUT2D eigenvalue weighted by molar-refractivity contribution is 0.0696. The number of nitrogens with one attached hydrogen (secondary N) is 1. The molecule has 0 aliphatic heterocycles. The van der Waals surface area contributed by atoms with Crippen LogP contribution in [0.25, 0.3) is 0 Å². The second-order valence-electron chi connectivity index (χ2n) is 3.70. The standard InChI is InChI=1S/C14H11NO4/c16-12(13-2-1-9-19-13)7-8-15-11-5-3-10(4-6-11)14(17)18/h1-9,15H,(H,17,18). The molecule has 5 heteroatoms. The van der Waals surface area contributed by atoms with Crippen molar-refractivity contribution in [3.63, 3.8) is 0 Å². The molecule has 1 aromatic heterocycles. The van der Waals surface area contributed by atoms with Crippen LogP contribution < -0.4 is 5.32 Å². The van der Waals surface area contributed by atoms with Gasteiger partial charge in [-0.1, -0.05) is 0 Å². The molecule has 0 aliphatic carbocycles. The summed E-state index contributed by atoms with van der Waals surface area (Å²) in [5, 5.41) is 11.6. The van der Waals surface area contributed by atoms with Gasteiger partial charge in [0.25, 0.3) is 0 Å². The highest BCUT2D eigenvalue weighted by Gasteiger charge is 2.03. The molecule has 0 aliphatic rings. The van der Waals surface area contributed by atoms with Crippen LogP contribution in [-0.2, 0) is 0 Å². The predicted molar refractivity (Wildman–Crippen MR) is 69.2 cm³/mol. The summed E-state index contributed by atoms with van der Waals surface area (Å²) < 4.78 is 4.95. The zero-order valence-corrected chi connectivity index (χ0v) is 9.87. The molecule has 0 saturated heterocycles. The van der Waals surface area contributed by atoms with Gasteiger partial charge in [0.05, 0.1) is 11.8 Å². The molecule has 0 spiro atoms. The number of hydrogen-bond acceptors (Lipinski definition) is 4. The van der Waals surface area contributed by atoms with Gasteiger partial charge in [-0.05, 0) is 36.4 Å². The van der Waals surface area contributed by atoms with Crippen molar-refractivity contribution in [1.29, 1.82) is 0 Å². The molecule has 5 nitrogen and oxygen atoms in total. The molecule has 0 atom stereocenters. The quantitative estimate of drug-likeness (QED) is 0.636. The fourth-order valence-electron chi connectivity index (χ4n) is 1.42. The van der Waals surface area contributed by atoms with Crippen LogP contribution in [0.3, 0.4) is 0 Å². The van der Waals surface area contributed by atoms with Gasteiger partial charge in [0.2, 0.25) is 5.78 Å². The number of carbonyl (C=O) groups is 2. The molecule has 0 radical (unpaired) electrons. The van der Waals surface area contributed by atoms with E-state index in [0.717, 1.165) is 0 Å². The first-order valence-electron chi connectivity index (χ1n) is 5.51. The lowest BCUT2D eigenvalue weighted by atomic mass is 10.2. The maximum atomic E-state index is 11.5. The van der Waals surface area contributed by atoms with Gasteiger partial charge in [0.15, 0.2) is 5.76 Å². The minimum atomic E-state index is -0.977. The van der Waals surface area contributed by atoms with E-state index in [2.05, 4.69) is 5.32 Å². The summed E-state index contributed by atoms with van der Waals surface area (Å²) >= 11 is 0. The molecule has 2 N–H and O–H groups in total. The van der Waals surface area contributed by atoms with Crippen LogP contribution >= 0.6 is 0 Å². The van der Waals surface area contributed by atoms with Gasteiger partial charge in [-0.25, -0.2) is 4.79 Å². The Kier molecular flexibility index (Phi) is 3.78. The van der Waals surface area contributed by atoms with E-state index in [1.54, 1.807) is 24.3 Å². The molecule has 1 aromatic carbocycles. The zero-order chi connectivity index (χ0) is 13.7. The van der Waals surface area contributed by atoms with E-state index >= 15 is 0 Å². The number of allylic oxidation sites excluding steroid dienone is 1. The second kappa shape index (κ2) is 5.68. The van der Waals surface area contributed by atoms with Gasteiger partial charge in [0.1, 0.15) is 0 Å². The molecular weight excluding hydrogens is 246 g/mol. The van der Waals surface area contributed by atoms with Crippen LogP contribution in [0.15, 0.2) is 59.4 Å². The first kappa shape index (κ1) is 12.6.